The first kappa shape index (κ1) is 35.6. The van der Waals surface area contributed by atoms with Crippen LogP contribution in [0.25, 0.3) is 55.7 Å². The second-order valence-electron chi connectivity index (χ2n) is 13.2. The molecule has 51 heavy (non-hydrogen) atoms. The monoisotopic (exact) mass is 842 g/mol. The summed E-state index contributed by atoms with van der Waals surface area (Å²) in [7, 11) is 0. The summed E-state index contributed by atoms with van der Waals surface area (Å²) in [6.07, 6.45) is 4.64. The summed E-state index contributed by atoms with van der Waals surface area (Å²) in [6.45, 7) is 12.6. The standard InChI is InChI=1S/C25H19N2O.C21H20N.Ir/c1-16-13-23(26-15-17(16)2)22-10-6-9-20-21-12-11-19(27-25(21)28-24(20)22)14-18-7-4-3-5-8-18;1-14-5-8-18(9-6-14)21-12-20(17(4)13-22-21)19-10-7-15(2)11-16(19)3;/h3-9,11-13,15H,14H2,1-2H3;5-8,10-13H,1-4H3;/q2*-1;. The Morgan fingerprint density at radius 2 is 1.37 bits per heavy atom. The second kappa shape index (κ2) is 15.3. The smallest absolute Gasteiger partial charge is 0.216 e. The predicted molar refractivity (Wildman–Crippen MR) is 205 cm³/mol. The number of furan rings is 1. The first-order valence-electron chi connectivity index (χ1n) is 17.0. The fraction of sp³-hybridized carbons (Fsp3) is 0.152. The molecule has 0 aliphatic heterocycles. The molecule has 4 aromatic heterocycles. The summed E-state index contributed by atoms with van der Waals surface area (Å²) >= 11 is 0. The average Bonchev–Trinajstić information content (AvgIpc) is 3.49. The number of aromatic nitrogens is 3. The molecule has 255 valence electrons. The maximum absolute atomic E-state index is 6.20. The quantitative estimate of drug-likeness (QED) is 0.162. The molecule has 4 heterocycles. The van der Waals surface area contributed by atoms with Gasteiger partial charge >= 0.3 is 0 Å². The zero-order valence-corrected chi connectivity index (χ0v) is 32.2. The Bertz CT molecular complexity index is 2470. The molecule has 1 radical (unpaired) electrons. The summed E-state index contributed by atoms with van der Waals surface area (Å²) in [4.78, 5) is 13.9. The third kappa shape index (κ3) is 7.76. The van der Waals surface area contributed by atoms with Gasteiger partial charge in [0.25, 0.3) is 0 Å². The number of rotatable bonds is 5. The third-order valence-corrected chi connectivity index (χ3v) is 9.23. The fourth-order valence-corrected chi connectivity index (χ4v) is 6.25. The van der Waals surface area contributed by atoms with Crippen LogP contribution in [0.15, 0.2) is 120 Å². The Morgan fingerprint density at radius 1 is 0.608 bits per heavy atom. The molecule has 0 N–H and O–H groups in total. The molecule has 0 saturated carbocycles. The summed E-state index contributed by atoms with van der Waals surface area (Å²) in [5.74, 6) is 0. The molecule has 0 aliphatic carbocycles. The molecule has 0 spiro atoms. The van der Waals surface area contributed by atoms with Crippen molar-refractivity contribution in [2.75, 3.05) is 0 Å². The van der Waals surface area contributed by atoms with Gasteiger partial charge in [-0.15, -0.1) is 53.6 Å². The number of hydrogen-bond donors (Lipinski definition) is 0. The molecule has 0 saturated heterocycles. The minimum atomic E-state index is 0. The molecule has 8 aromatic rings. The number of fused-ring (bicyclic) bond motifs is 3. The maximum Gasteiger partial charge on any atom is 0.216 e. The number of benzene rings is 4. The molecule has 0 atom stereocenters. The van der Waals surface area contributed by atoms with Gasteiger partial charge < -0.3 is 14.4 Å². The first-order chi connectivity index (χ1) is 24.2. The molecular formula is C46H39IrN3O-2. The molecule has 4 nitrogen and oxygen atoms in total. The largest absolute Gasteiger partial charge is 0.486 e. The minimum Gasteiger partial charge on any atom is -0.486 e. The normalized spacial score (nSPS) is 10.9. The van der Waals surface area contributed by atoms with Gasteiger partial charge in [0.2, 0.25) is 5.71 Å². The van der Waals surface area contributed by atoms with Crippen molar-refractivity contribution in [2.45, 2.75) is 48.0 Å². The van der Waals surface area contributed by atoms with Crippen LogP contribution in [0.2, 0.25) is 0 Å². The summed E-state index contributed by atoms with van der Waals surface area (Å²) in [6, 6.07) is 42.2. The number of nitrogens with zero attached hydrogens (tertiary/aromatic N) is 3. The van der Waals surface area contributed by atoms with Crippen LogP contribution in [0.5, 0.6) is 0 Å². The molecular weight excluding hydrogens is 803 g/mol. The molecule has 8 rings (SSSR count). The van der Waals surface area contributed by atoms with Crippen molar-refractivity contribution in [1.29, 1.82) is 0 Å². The van der Waals surface area contributed by atoms with Crippen LogP contribution >= 0.6 is 0 Å². The van der Waals surface area contributed by atoms with E-state index in [4.69, 9.17) is 9.40 Å². The van der Waals surface area contributed by atoms with Crippen LogP contribution in [-0.4, -0.2) is 15.0 Å². The Balaban J connectivity index is 0.000000178. The van der Waals surface area contributed by atoms with Gasteiger partial charge in [-0.25, -0.2) is 4.98 Å². The van der Waals surface area contributed by atoms with Gasteiger partial charge in [0.15, 0.2) is 0 Å². The van der Waals surface area contributed by atoms with Crippen molar-refractivity contribution < 1.29 is 24.5 Å². The molecule has 0 aliphatic rings. The van der Waals surface area contributed by atoms with E-state index in [0.29, 0.717) is 5.71 Å². The van der Waals surface area contributed by atoms with E-state index in [1.807, 2.05) is 48.8 Å². The van der Waals surface area contributed by atoms with Crippen LogP contribution in [0.3, 0.4) is 0 Å². The number of hydrogen-bond acceptors (Lipinski definition) is 4. The fourth-order valence-electron chi connectivity index (χ4n) is 6.25. The second-order valence-corrected chi connectivity index (χ2v) is 13.2. The average molecular weight is 842 g/mol. The van der Waals surface area contributed by atoms with Gasteiger partial charge in [0.05, 0.1) is 5.58 Å². The van der Waals surface area contributed by atoms with Gasteiger partial charge in [-0.1, -0.05) is 89.7 Å². The summed E-state index contributed by atoms with van der Waals surface area (Å²) in [5, 5.41) is 2.06. The van der Waals surface area contributed by atoms with E-state index in [2.05, 4.69) is 130 Å². The van der Waals surface area contributed by atoms with Crippen molar-refractivity contribution in [3.63, 3.8) is 0 Å². The van der Waals surface area contributed by atoms with Gasteiger partial charge in [-0.2, -0.15) is 0 Å². The summed E-state index contributed by atoms with van der Waals surface area (Å²) in [5.41, 5.74) is 17.3. The Morgan fingerprint density at radius 3 is 2.12 bits per heavy atom. The topological polar surface area (TPSA) is 51.8 Å². The minimum absolute atomic E-state index is 0. The predicted octanol–water partition coefficient (Wildman–Crippen LogP) is 11.5. The van der Waals surface area contributed by atoms with Crippen molar-refractivity contribution in [1.82, 2.24) is 15.0 Å². The van der Waals surface area contributed by atoms with E-state index < -0.39 is 0 Å². The number of pyridine rings is 3. The molecule has 0 amide bonds. The van der Waals surface area contributed by atoms with Gasteiger partial charge in [0.1, 0.15) is 0 Å². The van der Waals surface area contributed by atoms with Crippen LogP contribution in [0, 0.1) is 53.7 Å². The maximum atomic E-state index is 6.20. The molecule has 0 bridgehead atoms. The van der Waals surface area contributed by atoms with Gasteiger partial charge in [-0.3, -0.25) is 0 Å². The van der Waals surface area contributed by atoms with E-state index in [-0.39, 0.29) is 20.1 Å². The third-order valence-electron chi connectivity index (χ3n) is 9.23. The van der Waals surface area contributed by atoms with E-state index in [1.54, 1.807) is 0 Å². The first-order valence-corrected chi connectivity index (χ1v) is 17.0. The zero-order valence-electron chi connectivity index (χ0n) is 29.8. The van der Waals surface area contributed by atoms with E-state index in [0.717, 1.165) is 51.0 Å². The zero-order chi connectivity index (χ0) is 34.8. The van der Waals surface area contributed by atoms with Crippen LogP contribution < -0.4 is 0 Å². The van der Waals surface area contributed by atoms with Crippen molar-refractivity contribution >= 4 is 22.1 Å². The molecule has 4 aromatic carbocycles. The summed E-state index contributed by atoms with van der Waals surface area (Å²) < 4.78 is 6.20. The molecule has 0 unspecified atom stereocenters. The Kier molecular flexibility index (Phi) is 10.7. The van der Waals surface area contributed by atoms with Crippen molar-refractivity contribution in [2.24, 2.45) is 0 Å². The van der Waals surface area contributed by atoms with Crippen LogP contribution in [0.4, 0.5) is 0 Å². The Hall–Kier alpha value is -5.22. The molecule has 5 heteroatoms. The van der Waals surface area contributed by atoms with Crippen molar-refractivity contribution in [3.8, 4) is 33.6 Å². The van der Waals surface area contributed by atoms with E-state index in [1.165, 1.54) is 50.1 Å². The van der Waals surface area contributed by atoms with Gasteiger partial charge in [0, 0.05) is 50.0 Å². The van der Waals surface area contributed by atoms with Crippen molar-refractivity contribution in [3.05, 3.63) is 172 Å². The van der Waals surface area contributed by atoms with E-state index >= 15 is 0 Å². The SMILES string of the molecule is Cc1c[c-]c(-c2cc(-c3ccc(C)cc3C)c(C)cn2)cc1.Cc1cnc(-c2[c-]ccc3c2oc2nc(Cc4ccccc4)ccc23)cc1C.[Ir]. The van der Waals surface area contributed by atoms with Crippen LogP contribution in [-0.2, 0) is 26.5 Å². The molecule has 0 fully saturated rings. The van der Waals surface area contributed by atoms with E-state index in [9.17, 15) is 0 Å². The Labute approximate surface area is 314 Å². The number of aryl methyl sites for hydroxylation is 6. The van der Waals surface area contributed by atoms with Crippen LogP contribution in [0.1, 0.15) is 44.6 Å². The van der Waals surface area contributed by atoms with Gasteiger partial charge in [-0.05, 0) is 91.5 Å².